The number of hydrogen-bond donors (Lipinski definition) is 2. The minimum atomic E-state index is -0.883. The van der Waals surface area contributed by atoms with Crippen LogP contribution in [0.4, 0.5) is 5.69 Å². The molecule has 0 spiro atoms. The molecule has 0 unspecified atom stereocenters. The van der Waals surface area contributed by atoms with E-state index >= 15 is 0 Å². The molecular weight excluding hydrogens is 293 g/mol. The maximum absolute atomic E-state index is 12.1. The molecule has 0 aliphatic carbocycles. The van der Waals surface area contributed by atoms with Crippen molar-refractivity contribution in [3.8, 4) is 5.75 Å². The zero-order valence-electron chi connectivity index (χ0n) is 12.9. The van der Waals surface area contributed by atoms with Crippen LogP contribution < -0.4 is 15.5 Å². The van der Waals surface area contributed by atoms with Crippen LogP contribution in [0.1, 0.15) is 17.5 Å². The summed E-state index contributed by atoms with van der Waals surface area (Å²) in [7, 11) is 0.718. The topological polar surface area (TPSA) is 67.8 Å². The van der Waals surface area contributed by atoms with Gasteiger partial charge in [0, 0.05) is 12.1 Å². The fourth-order valence-corrected chi connectivity index (χ4v) is 2.73. The van der Waals surface area contributed by atoms with Crippen molar-refractivity contribution in [2.45, 2.75) is 19.4 Å². The molecule has 0 radical (unpaired) electrons. The normalized spacial score (nSPS) is 12.9. The number of carbonyl (C=O) groups excluding carboxylic acids is 1. The highest BCUT2D eigenvalue weighted by Crippen LogP contribution is 2.16. The van der Waals surface area contributed by atoms with Gasteiger partial charge in [-0.25, -0.2) is 0 Å². The molecule has 2 aromatic carbocycles. The molecule has 2 aromatic rings. The number of benzene rings is 2. The Bertz CT molecular complexity index is 702. The summed E-state index contributed by atoms with van der Waals surface area (Å²) in [5, 5.41) is 12.7. The van der Waals surface area contributed by atoms with Gasteiger partial charge in [0.15, 0.2) is 0 Å². The first kappa shape index (κ1) is 15.6. The molecule has 0 bridgehead atoms. The van der Waals surface area contributed by atoms with Crippen molar-refractivity contribution in [3.63, 3.8) is 0 Å². The van der Waals surface area contributed by atoms with Crippen LogP contribution in [0.2, 0.25) is 0 Å². The van der Waals surface area contributed by atoms with Gasteiger partial charge < -0.3 is 19.7 Å². The molecule has 2 N–H and O–H groups in total. The van der Waals surface area contributed by atoms with E-state index in [9.17, 15) is 9.82 Å². The Morgan fingerprint density at radius 1 is 1.30 bits per heavy atom. The van der Waals surface area contributed by atoms with Gasteiger partial charge in [-0.2, -0.15) is 0 Å². The third kappa shape index (κ3) is 3.55. The molecule has 1 aliphatic heterocycles. The number of fused-ring (bicyclic) bond motifs is 1. The minimum absolute atomic E-state index is 0.0684. The third-order valence-corrected chi connectivity index (χ3v) is 3.93. The zero-order valence-corrected chi connectivity index (χ0v) is 12.9. The van der Waals surface area contributed by atoms with Gasteiger partial charge in [0.1, 0.15) is 5.75 Å². The van der Waals surface area contributed by atoms with E-state index in [1.54, 1.807) is 31.4 Å². The van der Waals surface area contributed by atoms with E-state index in [4.69, 9.17) is 9.39 Å². The number of carbonyl (C=O) groups is 1. The average molecular weight is 311 g/mol. The maximum Gasteiger partial charge on any atom is 0.492 e. The van der Waals surface area contributed by atoms with Crippen LogP contribution >= 0.6 is 0 Å². The van der Waals surface area contributed by atoms with Crippen molar-refractivity contribution in [2.24, 2.45) is 0 Å². The lowest BCUT2D eigenvalue weighted by Gasteiger charge is -2.09. The zero-order chi connectivity index (χ0) is 16.2. The number of nitrogens with one attached hydrogen (secondary N) is 1. The summed E-state index contributed by atoms with van der Waals surface area (Å²) in [5.74, 6) is 0.679. The van der Waals surface area contributed by atoms with Crippen molar-refractivity contribution >= 4 is 24.2 Å². The third-order valence-electron chi connectivity index (χ3n) is 3.93. The van der Waals surface area contributed by atoms with E-state index in [0.717, 1.165) is 28.0 Å². The second kappa shape index (κ2) is 6.85. The summed E-state index contributed by atoms with van der Waals surface area (Å²) in [6.45, 7) is 0.419. The number of methoxy groups -OCH3 is 1. The highest BCUT2D eigenvalue weighted by atomic mass is 16.5. The second-order valence-corrected chi connectivity index (χ2v) is 5.43. The Morgan fingerprint density at radius 3 is 2.83 bits per heavy atom. The first-order chi connectivity index (χ1) is 11.2. The monoisotopic (exact) mass is 311 g/mol. The minimum Gasteiger partial charge on any atom is -0.497 e. The standard InChI is InChI=1S/C17H18BNO4/c1-22-15-8-6-14(7-9-15)19-16(20)10-5-12-3-2-4-13-11-23-18(21)17(12)13/h2-4,6-9,21H,5,10-11H2,1H3,(H,19,20). The summed E-state index contributed by atoms with van der Waals surface area (Å²) >= 11 is 0. The first-order valence-corrected chi connectivity index (χ1v) is 7.51. The molecule has 0 saturated heterocycles. The van der Waals surface area contributed by atoms with Crippen molar-refractivity contribution in [1.82, 2.24) is 0 Å². The van der Waals surface area contributed by atoms with E-state index in [0.29, 0.717) is 19.4 Å². The Hall–Kier alpha value is -2.31. The molecule has 1 aliphatic rings. The van der Waals surface area contributed by atoms with E-state index in [2.05, 4.69) is 5.32 Å². The number of amides is 1. The molecular formula is C17H18BNO4. The quantitative estimate of drug-likeness (QED) is 0.821. The molecule has 3 rings (SSSR count). The lowest BCUT2D eigenvalue weighted by Crippen LogP contribution is -2.31. The van der Waals surface area contributed by atoms with Crippen molar-refractivity contribution in [1.29, 1.82) is 0 Å². The number of hydrogen-bond acceptors (Lipinski definition) is 4. The van der Waals surface area contributed by atoms with Crippen molar-refractivity contribution < 1.29 is 19.2 Å². The van der Waals surface area contributed by atoms with Crippen LogP contribution in [0.3, 0.4) is 0 Å². The number of ether oxygens (including phenoxy) is 1. The van der Waals surface area contributed by atoms with Gasteiger partial charge in [-0.1, -0.05) is 18.2 Å². The molecule has 6 heteroatoms. The van der Waals surface area contributed by atoms with E-state index in [-0.39, 0.29) is 5.91 Å². The molecule has 23 heavy (non-hydrogen) atoms. The molecule has 5 nitrogen and oxygen atoms in total. The summed E-state index contributed by atoms with van der Waals surface area (Å²) in [5.41, 5.74) is 3.49. The van der Waals surface area contributed by atoms with Crippen molar-refractivity contribution in [2.75, 3.05) is 12.4 Å². The number of rotatable bonds is 5. The maximum atomic E-state index is 12.1. The Balaban J connectivity index is 1.60. The van der Waals surface area contributed by atoms with E-state index in [1.165, 1.54) is 0 Å². The lowest BCUT2D eigenvalue weighted by atomic mass is 9.75. The van der Waals surface area contributed by atoms with Gasteiger partial charge in [-0.15, -0.1) is 0 Å². The highest BCUT2D eigenvalue weighted by molar-refractivity contribution is 6.62. The van der Waals surface area contributed by atoms with Gasteiger partial charge in [0.05, 0.1) is 13.7 Å². The first-order valence-electron chi connectivity index (χ1n) is 7.51. The second-order valence-electron chi connectivity index (χ2n) is 5.43. The van der Waals surface area contributed by atoms with Gasteiger partial charge in [0.2, 0.25) is 5.91 Å². The summed E-state index contributed by atoms with van der Waals surface area (Å²) in [6, 6.07) is 13.0. The highest BCUT2D eigenvalue weighted by Gasteiger charge is 2.29. The smallest absolute Gasteiger partial charge is 0.492 e. The Labute approximate surface area is 135 Å². The van der Waals surface area contributed by atoms with E-state index in [1.807, 2.05) is 18.2 Å². The Morgan fingerprint density at radius 2 is 2.09 bits per heavy atom. The fraction of sp³-hybridized carbons (Fsp3) is 0.235. The number of aryl methyl sites for hydroxylation is 1. The molecule has 0 fully saturated rings. The van der Waals surface area contributed by atoms with Gasteiger partial charge in [-0.05, 0) is 47.3 Å². The molecule has 0 aromatic heterocycles. The summed E-state index contributed by atoms with van der Waals surface area (Å²) in [4.78, 5) is 12.1. The average Bonchev–Trinajstić information content (AvgIpc) is 2.96. The molecule has 0 atom stereocenters. The predicted molar refractivity (Wildman–Crippen MR) is 88.8 cm³/mol. The van der Waals surface area contributed by atoms with Gasteiger partial charge in [0.25, 0.3) is 0 Å². The SMILES string of the molecule is COc1ccc(NC(=O)CCc2cccc3c2B(O)OC3)cc1. The number of anilines is 1. The van der Waals surface area contributed by atoms with Crippen molar-refractivity contribution in [3.05, 3.63) is 53.6 Å². The summed E-state index contributed by atoms with van der Waals surface area (Å²) < 4.78 is 10.3. The predicted octanol–water partition coefficient (Wildman–Crippen LogP) is 1.48. The van der Waals surface area contributed by atoms with Gasteiger partial charge in [-0.3, -0.25) is 4.79 Å². The van der Waals surface area contributed by atoms with E-state index < -0.39 is 7.12 Å². The molecule has 1 amide bonds. The summed E-state index contributed by atoms with van der Waals surface area (Å²) in [6.07, 6.45) is 0.904. The van der Waals surface area contributed by atoms with Crippen LogP contribution in [0.15, 0.2) is 42.5 Å². The Kier molecular flexibility index (Phi) is 4.64. The largest absolute Gasteiger partial charge is 0.497 e. The van der Waals surface area contributed by atoms with Crippen LogP contribution in [-0.2, 0) is 22.5 Å². The van der Waals surface area contributed by atoms with Crippen LogP contribution in [0.5, 0.6) is 5.75 Å². The molecule has 118 valence electrons. The fourth-order valence-electron chi connectivity index (χ4n) is 2.73. The lowest BCUT2D eigenvalue weighted by molar-refractivity contribution is -0.116. The van der Waals surface area contributed by atoms with Crippen LogP contribution in [-0.4, -0.2) is 25.2 Å². The molecule has 1 heterocycles. The van der Waals surface area contributed by atoms with Crippen LogP contribution in [0, 0.1) is 0 Å². The molecule has 0 saturated carbocycles. The van der Waals surface area contributed by atoms with Gasteiger partial charge >= 0.3 is 7.12 Å². The van der Waals surface area contributed by atoms with Crippen LogP contribution in [0.25, 0.3) is 0 Å².